The molecule has 0 aliphatic heterocycles. The predicted molar refractivity (Wildman–Crippen MR) is 39.5 cm³/mol. The van der Waals surface area contributed by atoms with E-state index in [9.17, 15) is 9.59 Å². The molecule has 0 saturated carbocycles. The molecule has 58 valence electrons. The summed E-state index contributed by atoms with van der Waals surface area (Å²) in [6, 6.07) is 1.42. The Kier molecular flexibility index (Phi) is 1.85. The summed E-state index contributed by atoms with van der Waals surface area (Å²) >= 11 is 0. The molecule has 0 saturated heterocycles. The zero-order chi connectivity index (χ0) is 8.43. The van der Waals surface area contributed by atoms with Crippen LogP contribution in [0.15, 0.2) is 17.1 Å². The minimum atomic E-state index is -0.347. The Morgan fingerprint density at radius 3 is 2.73 bits per heavy atom. The fraction of sp³-hybridized carbons (Fsp3) is 0.286. The van der Waals surface area contributed by atoms with Crippen molar-refractivity contribution in [3.8, 4) is 0 Å². The van der Waals surface area contributed by atoms with Gasteiger partial charge in [-0.3, -0.25) is 9.59 Å². The lowest BCUT2D eigenvalue weighted by Crippen LogP contribution is -2.24. The number of carbonyl (C=O) groups excluding carboxylic acids is 1. The van der Waals surface area contributed by atoms with E-state index in [1.807, 2.05) is 0 Å². The Labute approximate surface area is 63.5 Å². The average Bonchev–Trinajstić information content (AvgIpc) is 1.94. The number of carbonyl (C=O) groups is 1. The van der Waals surface area contributed by atoms with Crippen molar-refractivity contribution in [2.24, 2.45) is 7.05 Å². The van der Waals surface area contributed by atoms with E-state index in [0.29, 0.717) is 0 Å². The first-order valence-corrected chi connectivity index (χ1v) is 3.16. The van der Waals surface area contributed by atoms with Gasteiger partial charge in [-0.15, -0.1) is 0 Å². The summed E-state index contributed by atoms with van der Waals surface area (Å²) in [5.41, 5.74) is -0.164. The lowest BCUT2D eigenvalue weighted by atomic mass is 10.2. The van der Waals surface area contributed by atoms with Crippen LogP contribution < -0.4 is 5.56 Å². The summed E-state index contributed by atoms with van der Waals surface area (Å²) < 4.78 is 1.14. The maximum atomic E-state index is 11.1. The minimum Gasteiger partial charge on any atom is -0.294 e. The van der Waals surface area contributed by atoms with Crippen LogP contribution >= 0.6 is 0 Å². The molecule has 0 atom stereocenters. The molecule has 1 heterocycles. The highest BCUT2D eigenvalue weighted by molar-refractivity contribution is 5.93. The fourth-order valence-corrected chi connectivity index (χ4v) is 0.774. The monoisotopic (exact) mass is 152 g/mol. The van der Waals surface area contributed by atoms with E-state index in [4.69, 9.17) is 0 Å². The molecule has 1 rings (SSSR count). The Hall–Kier alpha value is -1.45. The van der Waals surface area contributed by atoms with Crippen molar-refractivity contribution < 1.29 is 4.79 Å². The summed E-state index contributed by atoms with van der Waals surface area (Å²) in [6.07, 6.45) is 1.43. The molecular formula is C7H8N2O2. The zero-order valence-corrected chi connectivity index (χ0v) is 6.37. The number of aryl methyl sites for hydroxylation is 1. The molecule has 0 fully saturated rings. The van der Waals surface area contributed by atoms with E-state index in [0.717, 1.165) is 4.68 Å². The molecule has 1 aromatic heterocycles. The molecule has 0 bridgehead atoms. The van der Waals surface area contributed by atoms with Gasteiger partial charge in [0.1, 0.15) is 0 Å². The molecule has 0 aliphatic carbocycles. The standard InChI is InChI=1S/C7H8N2O2/c1-5(10)6-3-4-8-9(2)7(6)11/h3-4H,1-2H3. The third kappa shape index (κ3) is 1.34. The van der Waals surface area contributed by atoms with Gasteiger partial charge in [-0.2, -0.15) is 5.10 Å². The normalized spacial score (nSPS) is 9.64. The molecule has 0 spiro atoms. The minimum absolute atomic E-state index is 0.183. The van der Waals surface area contributed by atoms with Gasteiger partial charge in [-0.1, -0.05) is 0 Å². The quantitative estimate of drug-likeness (QED) is 0.531. The maximum absolute atomic E-state index is 11.1. The van der Waals surface area contributed by atoms with Crippen LogP contribution in [-0.4, -0.2) is 15.6 Å². The van der Waals surface area contributed by atoms with E-state index in [1.54, 1.807) is 0 Å². The molecule has 0 N–H and O–H groups in total. The van der Waals surface area contributed by atoms with Gasteiger partial charge in [0, 0.05) is 13.2 Å². The smallest absolute Gasteiger partial charge is 0.277 e. The number of hydrogen-bond acceptors (Lipinski definition) is 3. The largest absolute Gasteiger partial charge is 0.294 e. The van der Waals surface area contributed by atoms with Crippen molar-refractivity contribution in [1.29, 1.82) is 0 Å². The van der Waals surface area contributed by atoms with E-state index in [-0.39, 0.29) is 16.9 Å². The average molecular weight is 152 g/mol. The lowest BCUT2D eigenvalue weighted by Gasteiger charge is -1.96. The first kappa shape index (κ1) is 7.65. The summed E-state index contributed by atoms with van der Waals surface area (Å²) in [5.74, 6) is -0.229. The van der Waals surface area contributed by atoms with Gasteiger partial charge in [0.15, 0.2) is 5.78 Å². The SMILES string of the molecule is CC(=O)c1ccnn(C)c1=O. The van der Waals surface area contributed by atoms with Gasteiger partial charge in [-0.05, 0) is 13.0 Å². The summed E-state index contributed by atoms with van der Waals surface area (Å²) in [4.78, 5) is 21.9. The topological polar surface area (TPSA) is 52.0 Å². The molecule has 0 amide bonds. The van der Waals surface area contributed by atoms with Gasteiger partial charge in [0.2, 0.25) is 0 Å². The maximum Gasteiger partial charge on any atom is 0.277 e. The van der Waals surface area contributed by atoms with Crippen molar-refractivity contribution in [2.75, 3.05) is 0 Å². The number of aromatic nitrogens is 2. The highest BCUT2D eigenvalue weighted by Crippen LogP contribution is 1.88. The first-order chi connectivity index (χ1) is 5.13. The molecule has 0 aromatic carbocycles. The van der Waals surface area contributed by atoms with Gasteiger partial charge in [0.25, 0.3) is 5.56 Å². The molecule has 0 aliphatic rings. The Bertz CT molecular complexity index is 341. The van der Waals surface area contributed by atoms with Gasteiger partial charge in [0.05, 0.1) is 5.56 Å². The van der Waals surface area contributed by atoms with Crippen LogP contribution in [0.3, 0.4) is 0 Å². The van der Waals surface area contributed by atoms with Crippen LogP contribution in [0.5, 0.6) is 0 Å². The number of Topliss-reactive ketones (excluding diaryl/α,β-unsaturated/α-hetero) is 1. The molecule has 4 nitrogen and oxygen atoms in total. The number of rotatable bonds is 1. The van der Waals surface area contributed by atoms with Crippen LogP contribution in [0.2, 0.25) is 0 Å². The summed E-state index contributed by atoms with van der Waals surface area (Å²) in [5, 5.41) is 3.67. The van der Waals surface area contributed by atoms with Crippen LogP contribution in [0, 0.1) is 0 Å². The lowest BCUT2D eigenvalue weighted by molar-refractivity contribution is 0.101. The highest BCUT2D eigenvalue weighted by Gasteiger charge is 2.04. The van der Waals surface area contributed by atoms with Crippen molar-refractivity contribution in [2.45, 2.75) is 6.92 Å². The third-order valence-electron chi connectivity index (χ3n) is 1.38. The molecule has 0 radical (unpaired) electrons. The van der Waals surface area contributed by atoms with Crippen molar-refractivity contribution in [3.05, 3.63) is 28.2 Å². The summed E-state index contributed by atoms with van der Waals surface area (Å²) in [7, 11) is 1.51. The zero-order valence-electron chi connectivity index (χ0n) is 6.37. The second-order valence-corrected chi connectivity index (χ2v) is 2.23. The van der Waals surface area contributed by atoms with E-state index in [1.165, 1.54) is 26.2 Å². The number of nitrogens with zero attached hydrogens (tertiary/aromatic N) is 2. The Balaban J connectivity index is 3.40. The van der Waals surface area contributed by atoms with Gasteiger partial charge >= 0.3 is 0 Å². The molecule has 4 heteroatoms. The summed E-state index contributed by atoms with van der Waals surface area (Å²) in [6.45, 7) is 1.36. The first-order valence-electron chi connectivity index (χ1n) is 3.16. The van der Waals surface area contributed by atoms with Crippen molar-refractivity contribution >= 4 is 5.78 Å². The molecule has 0 unspecified atom stereocenters. The van der Waals surface area contributed by atoms with Crippen LogP contribution in [0.4, 0.5) is 0 Å². The molecule has 11 heavy (non-hydrogen) atoms. The second kappa shape index (κ2) is 2.65. The van der Waals surface area contributed by atoms with Crippen molar-refractivity contribution in [1.82, 2.24) is 9.78 Å². The highest BCUT2D eigenvalue weighted by atomic mass is 16.1. The number of hydrogen-bond donors (Lipinski definition) is 0. The number of ketones is 1. The van der Waals surface area contributed by atoms with Gasteiger partial charge < -0.3 is 0 Å². The van der Waals surface area contributed by atoms with Crippen molar-refractivity contribution in [3.63, 3.8) is 0 Å². The predicted octanol–water partition coefficient (Wildman–Crippen LogP) is -0.0171. The van der Waals surface area contributed by atoms with Crippen LogP contribution in [0.25, 0.3) is 0 Å². The van der Waals surface area contributed by atoms with E-state index >= 15 is 0 Å². The fourth-order valence-electron chi connectivity index (χ4n) is 0.774. The van der Waals surface area contributed by atoms with Crippen LogP contribution in [0.1, 0.15) is 17.3 Å². The Morgan fingerprint density at radius 1 is 1.64 bits per heavy atom. The molecule has 1 aromatic rings. The second-order valence-electron chi connectivity index (χ2n) is 2.23. The van der Waals surface area contributed by atoms with Gasteiger partial charge in [-0.25, -0.2) is 4.68 Å². The van der Waals surface area contributed by atoms with E-state index < -0.39 is 0 Å². The van der Waals surface area contributed by atoms with Crippen LogP contribution in [-0.2, 0) is 7.05 Å². The Morgan fingerprint density at radius 2 is 2.27 bits per heavy atom. The molecular weight excluding hydrogens is 144 g/mol. The third-order valence-corrected chi connectivity index (χ3v) is 1.38. The van der Waals surface area contributed by atoms with E-state index in [2.05, 4.69) is 5.10 Å².